The molecule has 138 valence electrons. The topological polar surface area (TPSA) is 147 Å². The molecule has 2 atom stereocenters. The Hall–Kier alpha value is -2.60. The molecule has 0 aromatic carbocycles. The zero-order valence-electron chi connectivity index (χ0n) is 13.5. The molecule has 1 fully saturated rings. The van der Waals surface area contributed by atoms with Crippen molar-refractivity contribution in [2.75, 3.05) is 11.5 Å². The molecule has 1 aromatic rings. The van der Waals surface area contributed by atoms with E-state index in [9.17, 15) is 19.5 Å². The van der Waals surface area contributed by atoms with E-state index in [-0.39, 0.29) is 12.3 Å². The number of amides is 2. The summed E-state index contributed by atoms with van der Waals surface area (Å²) < 4.78 is 0. The zero-order valence-corrected chi connectivity index (χ0v) is 15.2. The lowest BCUT2D eigenvalue weighted by atomic mass is 10.0. The second kappa shape index (κ2) is 7.33. The van der Waals surface area contributed by atoms with E-state index in [4.69, 9.17) is 10.6 Å². The first kappa shape index (κ1) is 18.2. The monoisotopic (exact) mass is 397 g/mol. The van der Waals surface area contributed by atoms with Gasteiger partial charge in [-0.25, -0.2) is 9.78 Å². The number of aliphatic carboxylic acids is 1. The standard InChI is InChI=1S/C14H15N5O5S2/c1-6-4-25-12-9(11(21)19(12)10(6)13(22)23)18-8(20)2-16-24-3-7-5-26-14(15)17-7/h2,5,9,12H,3-4H2,1H3,(H2,15,17)(H,18,20)(H,22,23)/b16-2-/t9?,12-/m0/s1. The Labute approximate surface area is 156 Å². The summed E-state index contributed by atoms with van der Waals surface area (Å²) in [5.41, 5.74) is 6.69. The molecule has 0 saturated carbocycles. The summed E-state index contributed by atoms with van der Waals surface area (Å²) in [6.45, 7) is 1.74. The number of nitrogens with two attached hydrogens (primary N) is 1. The van der Waals surface area contributed by atoms with Crippen molar-refractivity contribution in [3.8, 4) is 0 Å². The number of nitrogens with zero attached hydrogens (tertiary/aromatic N) is 3. The Morgan fingerprint density at radius 1 is 1.62 bits per heavy atom. The number of oxime groups is 1. The lowest BCUT2D eigenvalue weighted by Crippen LogP contribution is -2.70. The average molecular weight is 397 g/mol. The van der Waals surface area contributed by atoms with E-state index in [0.29, 0.717) is 22.2 Å². The van der Waals surface area contributed by atoms with Crippen LogP contribution in [0, 0.1) is 0 Å². The van der Waals surface area contributed by atoms with Crippen LogP contribution in [0.25, 0.3) is 0 Å². The largest absolute Gasteiger partial charge is 0.477 e. The van der Waals surface area contributed by atoms with Crippen LogP contribution >= 0.6 is 23.1 Å². The minimum atomic E-state index is -1.15. The normalized spacial score (nSPS) is 22.2. The highest BCUT2D eigenvalue weighted by Gasteiger charge is 2.53. The Kier molecular flexibility index (Phi) is 5.13. The lowest BCUT2D eigenvalue weighted by molar-refractivity contribution is -0.150. The predicted octanol–water partition coefficient (Wildman–Crippen LogP) is -0.0138. The molecular formula is C14H15N5O5S2. The van der Waals surface area contributed by atoms with Crippen LogP contribution in [0.5, 0.6) is 0 Å². The Bertz CT molecular complexity index is 820. The van der Waals surface area contributed by atoms with E-state index in [2.05, 4.69) is 15.5 Å². The predicted molar refractivity (Wildman–Crippen MR) is 95.2 cm³/mol. The van der Waals surface area contributed by atoms with Crippen LogP contribution in [0.1, 0.15) is 12.6 Å². The quantitative estimate of drug-likeness (QED) is 0.345. The van der Waals surface area contributed by atoms with E-state index in [0.717, 1.165) is 6.21 Å². The number of thioether (sulfide) groups is 1. The first-order valence-corrected chi connectivity index (χ1v) is 9.34. The number of hydrogen-bond acceptors (Lipinski definition) is 9. The van der Waals surface area contributed by atoms with Crippen molar-refractivity contribution >= 4 is 52.2 Å². The summed E-state index contributed by atoms with van der Waals surface area (Å²) in [7, 11) is 0. The summed E-state index contributed by atoms with van der Waals surface area (Å²) in [5.74, 6) is -1.73. The number of fused-ring (bicyclic) bond motifs is 1. The molecule has 3 heterocycles. The van der Waals surface area contributed by atoms with Crippen LogP contribution in [0.15, 0.2) is 21.8 Å². The third-order valence-electron chi connectivity index (χ3n) is 3.69. The molecule has 0 spiro atoms. The van der Waals surface area contributed by atoms with Crippen molar-refractivity contribution in [1.29, 1.82) is 0 Å². The first-order chi connectivity index (χ1) is 12.4. The smallest absolute Gasteiger partial charge is 0.352 e. The number of anilines is 1. The van der Waals surface area contributed by atoms with Crippen molar-refractivity contribution in [2.45, 2.75) is 24.9 Å². The van der Waals surface area contributed by atoms with Crippen molar-refractivity contribution in [3.05, 3.63) is 22.3 Å². The molecule has 1 saturated heterocycles. The summed E-state index contributed by atoms with van der Waals surface area (Å²) in [6, 6.07) is -0.792. The van der Waals surface area contributed by atoms with Gasteiger partial charge < -0.3 is 21.0 Å². The Morgan fingerprint density at radius 2 is 2.38 bits per heavy atom. The van der Waals surface area contributed by atoms with Gasteiger partial charge in [0, 0.05) is 11.1 Å². The highest BCUT2D eigenvalue weighted by atomic mass is 32.2. The highest BCUT2D eigenvalue weighted by molar-refractivity contribution is 8.00. The van der Waals surface area contributed by atoms with Gasteiger partial charge in [0.15, 0.2) is 11.7 Å². The fourth-order valence-electron chi connectivity index (χ4n) is 2.54. The van der Waals surface area contributed by atoms with Gasteiger partial charge >= 0.3 is 5.97 Å². The van der Waals surface area contributed by atoms with Gasteiger partial charge in [-0.1, -0.05) is 5.16 Å². The van der Waals surface area contributed by atoms with Gasteiger partial charge in [-0.15, -0.1) is 23.1 Å². The summed E-state index contributed by atoms with van der Waals surface area (Å²) in [5, 5.41) is 17.0. The molecule has 10 nitrogen and oxygen atoms in total. The molecule has 1 aromatic heterocycles. The molecule has 12 heteroatoms. The number of rotatable bonds is 6. The number of hydrogen-bond donors (Lipinski definition) is 3. The van der Waals surface area contributed by atoms with Crippen molar-refractivity contribution in [1.82, 2.24) is 15.2 Å². The van der Waals surface area contributed by atoms with Gasteiger partial charge in [0.05, 0.1) is 5.69 Å². The van der Waals surface area contributed by atoms with Gasteiger partial charge in [0.1, 0.15) is 23.3 Å². The number of thiazole rings is 1. The Morgan fingerprint density at radius 3 is 3.04 bits per heavy atom. The highest BCUT2D eigenvalue weighted by Crippen LogP contribution is 2.39. The Balaban J connectivity index is 1.52. The molecular weight excluding hydrogens is 382 g/mol. The van der Waals surface area contributed by atoms with E-state index in [1.54, 1.807) is 12.3 Å². The third kappa shape index (κ3) is 3.51. The van der Waals surface area contributed by atoms with E-state index in [1.807, 2.05) is 0 Å². The van der Waals surface area contributed by atoms with Gasteiger partial charge in [0.25, 0.3) is 11.8 Å². The van der Waals surface area contributed by atoms with Crippen LogP contribution in [-0.2, 0) is 25.8 Å². The number of nitrogen functional groups attached to an aromatic ring is 1. The van der Waals surface area contributed by atoms with Crippen LogP contribution < -0.4 is 11.1 Å². The number of carboxylic acid groups (broad SMARTS) is 1. The van der Waals surface area contributed by atoms with Crippen LogP contribution in [0.3, 0.4) is 0 Å². The molecule has 2 aliphatic rings. The molecule has 1 unspecified atom stereocenters. The molecule has 0 radical (unpaired) electrons. The number of carbonyl (C=O) groups excluding carboxylic acids is 2. The number of aromatic nitrogens is 1. The lowest BCUT2D eigenvalue weighted by Gasteiger charge is -2.49. The second-order valence-corrected chi connectivity index (χ2v) is 7.51. The van der Waals surface area contributed by atoms with Gasteiger partial charge in [0.2, 0.25) is 0 Å². The number of carbonyl (C=O) groups is 3. The van der Waals surface area contributed by atoms with Crippen molar-refractivity contribution in [3.63, 3.8) is 0 Å². The van der Waals surface area contributed by atoms with Crippen molar-refractivity contribution in [2.24, 2.45) is 5.16 Å². The molecule has 2 aliphatic heterocycles. The van der Waals surface area contributed by atoms with Gasteiger partial charge in [-0.05, 0) is 12.5 Å². The molecule has 0 aliphatic carbocycles. The van der Waals surface area contributed by atoms with E-state index < -0.39 is 29.2 Å². The van der Waals surface area contributed by atoms with Crippen molar-refractivity contribution < 1.29 is 24.3 Å². The maximum atomic E-state index is 12.2. The molecule has 26 heavy (non-hydrogen) atoms. The summed E-state index contributed by atoms with van der Waals surface area (Å²) in [4.78, 5) is 45.5. The minimum Gasteiger partial charge on any atom is -0.477 e. The van der Waals surface area contributed by atoms with Crippen LogP contribution in [0.2, 0.25) is 0 Å². The molecule has 4 N–H and O–H groups in total. The zero-order chi connectivity index (χ0) is 18.8. The number of carboxylic acids is 1. The molecule has 2 amide bonds. The number of nitrogens with one attached hydrogen (secondary N) is 1. The molecule has 3 rings (SSSR count). The average Bonchev–Trinajstić information content (AvgIpc) is 3.01. The van der Waals surface area contributed by atoms with Gasteiger partial charge in [-0.3, -0.25) is 14.5 Å². The SMILES string of the molecule is CC1=C(C(=O)O)N2C(=O)C(NC(=O)/C=N\OCc3csc(N)n3)[C@@H]2SC1. The minimum absolute atomic E-state index is 0.0104. The van der Waals surface area contributed by atoms with E-state index >= 15 is 0 Å². The third-order valence-corrected chi connectivity index (χ3v) is 5.83. The van der Waals surface area contributed by atoms with Crippen LogP contribution in [0.4, 0.5) is 5.13 Å². The second-order valence-electron chi connectivity index (χ2n) is 5.52. The van der Waals surface area contributed by atoms with E-state index in [1.165, 1.54) is 28.0 Å². The maximum absolute atomic E-state index is 12.2. The number of β-lactam (4-membered cyclic amide) rings is 1. The fourth-order valence-corrected chi connectivity index (χ4v) is 4.38. The fraction of sp³-hybridized carbons (Fsp3) is 0.357. The van der Waals surface area contributed by atoms with Crippen LogP contribution in [-0.4, -0.2) is 56.2 Å². The molecule has 0 bridgehead atoms. The van der Waals surface area contributed by atoms with Gasteiger partial charge in [-0.2, -0.15) is 0 Å². The summed E-state index contributed by atoms with van der Waals surface area (Å²) in [6.07, 6.45) is 0.915. The summed E-state index contributed by atoms with van der Waals surface area (Å²) >= 11 is 2.66. The maximum Gasteiger partial charge on any atom is 0.352 e. The first-order valence-electron chi connectivity index (χ1n) is 7.42.